The third kappa shape index (κ3) is 3.22. The first-order valence-electron chi connectivity index (χ1n) is 8.36. The molecule has 0 fully saturated rings. The molecule has 2 aromatic carbocycles. The fourth-order valence-corrected chi connectivity index (χ4v) is 3.93. The highest BCUT2D eigenvalue weighted by atomic mass is 32.2. The van der Waals surface area contributed by atoms with Gasteiger partial charge in [-0.15, -0.1) is 0 Å². The normalized spacial score (nSPS) is 12.1. The van der Waals surface area contributed by atoms with Gasteiger partial charge in [-0.2, -0.15) is 0 Å². The van der Waals surface area contributed by atoms with Crippen LogP contribution in [-0.2, 0) is 16.4 Å². The Hall–Kier alpha value is -2.71. The number of fused-ring (bicyclic) bond motifs is 2. The second-order valence-corrected chi connectivity index (χ2v) is 8.60. The van der Waals surface area contributed by atoms with Gasteiger partial charge in [-0.25, -0.2) is 17.5 Å². The predicted molar refractivity (Wildman–Crippen MR) is 102 cm³/mol. The molecule has 0 aliphatic rings. The minimum Gasteiger partial charge on any atom is -0.478 e. The van der Waals surface area contributed by atoms with Crippen LogP contribution in [0.3, 0.4) is 0 Å². The SMILES string of the molecule is CCCc1cc(S(=O)(=O)N(C)C)cc2c(=O)c3cc(C(=O)O)ccc3oc12. The molecule has 0 saturated heterocycles. The van der Waals surface area contributed by atoms with Gasteiger partial charge in [-0.3, -0.25) is 4.79 Å². The molecule has 0 aliphatic carbocycles. The topological polar surface area (TPSA) is 105 Å². The van der Waals surface area contributed by atoms with Gasteiger partial charge in [0.05, 0.1) is 21.2 Å². The van der Waals surface area contributed by atoms with E-state index in [4.69, 9.17) is 9.52 Å². The van der Waals surface area contributed by atoms with Gasteiger partial charge in [0.15, 0.2) is 0 Å². The van der Waals surface area contributed by atoms with Gasteiger partial charge in [0.25, 0.3) is 0 Å². The van der Waals surface area contributed by atoms with E-state index in [9.17, 15) is 18.0 Å². The van der Waals surface area contributed by atoms with Gasteiger partial charge in [-0.05, 0) is 42.3 Å². The van der Waals surface area contributed by atoms with Crippen LogP contribution < -0.4 is 5.43 Å². The van der Waals surface area contributed by atoms with Crippen LogP contribution in [0.1, 0.15) is 29.3 Å². The van der Waals surface area contributed by atoms with Gasteiger partial charge in [0.2, 0.25) is 15.5 Å². The van der Waals surface area contributed by atoms with E-state index in [-0.39, 0.29) is 26.8 Å². The second kappa shape index (κ2) is 6.79. The largest absolute Gasteiger partial charge is 0.478 e. The lowest BCUT2D eigenvalue weighted by Crippen LogP contribution is -2.22. The number of sulfonamides is 1. The number of carbonyl (C=O) groups is 1. The fourth-order valence-electron chi connectivity index (χ4n) is 2.95. The quantitative estimate of drug-likeness (QED) is 0.673. The second-order valence-electron chi connectivity index (χ2n) is 6.44. The molecule has 0 aliphatic heterocycles. The van der Waals surface area contributed by atoms with Crippen LogP contribution in [0, 0.1) is 0 Å². The van der Waals surface area contributed by atoms with Gasteiger partial charge in [0, 0.05) is 14.1 Å². The summed E-state index contributed by atoms with van der Waals surface area (Å²) in [6.45, 7) is 1.94. The first kappa shape index (κ1) is 19.1. The van der Waals surface area contributed by atoms with Crippen molar-refractivity contribution in [3.8, 4) is 0 Å². The molecule has 1 heterocycles. The monoisotopic (exact) mass is 389 g/mol. The van der Waals surface area contributed by atoms with Crippen molar-refractivity contribution >= 4 is 37.9 Å². The molecule has 0 atom stereocenters. The van der Waals surface area contributed by atoms with Crippen molar-refractivity contribution in [2.24, 2.45) is 0 Å². The molecule has 0 spiro atoms. The minimum absolute atomic E-state index is 0.00416. The number of carboxylic acid groups (broad SMARTS) is 1. The van der Waals surface area contributed by atoms with Gasteiger partial charge in [0.1, 0.15) is 11.2 Å². The molecular formula is C19H19NO6S. The van der Waals surface area contributed by atoms with Crippen LogP contribution in [0.2, 0.25) is 0 Å². The van der Waals surface area contributed by atoms with Crippen LogP contribution in [0.5, 0.6) is 0 Å². The Morgan fingerprint density at radius 3 is 2.44 bits per heavy atom. The number of benzene rings is 2. The van der Waals surface area contributed by atoms with Gasteiger partial charge < -0.3 is 9.52 Å². The van der Waals surface area contributed by atoms with Crippen molar-refractivity contribution < 1.29 is 22.7 Å². The highest BCUT2D eigenvalue weighted by Crippen LogP contribution is 2.27. The molecule has 27 heavy (non-hydrogen) atoms. The smallest absolute Gasteiger partial charge is 0.335 e. The Balaban J connectivity index is 2.45. The number of aromatic carboxylic acids is 1. The molecule has 0 radical (unpaired) electrons. The molecule has 0 amide bonds. The summed E-state index contributed by atoms with van der Waals surface area (Å²) in [5.41, 5.74) is 0.715. The summed E-state index contributed by atoms with van der Waals surface area (Å²) >= 11 is 0. The van der Waals surface area contributed by atoms with E-state index in [0.29, 0.717) is 17.6 Å². The van der Waals surface area contributed by atoms with Crippen molar-refractivity contribution in [2.75, 3.05) is 14.1 Å². The number of carboxylic acids is 1. The molecule has 0 saturated carbocycles. The zero-order valence-corrected chi connectivity index (χ0v) is 16.0. The number of aryl methyl sites for hydroxylation is 1. The zero-order valence-electron chi connectivity index (χ0n) is 15.1. The number of rotatable bonds is 5. The summed E-state index contributed by atoms with van der Waals surface area (Å²) in [4.78, 5) is 24.2. The zero-order chi connectivity index (χ0) is 19.9. The fraction of sp³-hybridized carbons (Fsp3) is 0.263. The first-order valence-corrected chi connectivity index (χ1v) is 9.80. The number of hydrogen-bond donors (Lipinski definition) is 1. The third-order valence-corrected chi connectivity index (χ3v) is 6.16. The number of hydrogen-bond acceptors (Lipinski definition) is 5. The summed E-state index contributed by atoms with van der Waals surface area (Å²) in [7, 11) is -0.907. The summed E-state index contributed by atoms with van der Waals surface area (Å²) in [6.07, 6.45) is 1.27. The Morgan fingerprint density at radius 2 is 1.85 bits per heavy atom. The lowest BCUT2D eigenvalue weighted by Gasteiger charge is -2.14. The third-order valence-electron chi connectivity index (χ3n) is 4.37. The molecule has 7 nitrogen and oxygen atoms in total. The molecule has 142 valence electrons. The molecule has 0 unspecified atom stereocenters. The van der Waals surface area contributed by atoms with Crippen molar-refractivity contribution in [3.63, 3.8) is 0 Å². The van der Waals surface area contributed by atoms with Gasteiger partial charge in [-0.1, -0.05) is 13.3 Å². The molecule has 0 bridgehead atoms. The maximum absolute atomic E-state index is 13.0. The van der Waals surface area contributed by atoms with E-state index in [1.54, 1.807) is 0 Å². The van der Waals surface area contributed by atoms with E-state index in [1.165, 1.54) is 44.4 Å². The van der Waals surface area contributed by atoms with Crippen LogP contribution in [0.4, 0.5) is 0 Å². The molecule has 1 aromatic heterocycles. The van der Waals surface area contributed by atoms with Crippen LogP contribution in [0.15, 0.2) is 44.4 Å². The van der Waals surface area contributed by atoms with Gasteiger partial charge >= 0.3 is 5.97 Å². The Labute approximate surface area is 155 Å². The predicted octanol–water partition coefficient (Wildman–Crippen LogP) is 2.85. The average Bonchev–Trinajstić information content (AvgIpc) is 2.62. The maximum atomic E-state index is 13.0. The first-order chi connectivity index (χ1) is 12.7. The number of nitrogens with zero attached hydrogens (tertiary/aromatic N) is 1. The van der Waals surface area contributed by atoms with Crippen molar-refractivity contribution in [2.45, 2.75) is 24.7 Å². The summed E-state index contributed by atoms with van der Waals surface area (Å²) < 4.78 is 32.1. The lowest BCUT2D eigenvalue weighted by molar-refractivity contribution is 0.0697. The highest BCUT2D eigenvalue weighted by molar-refractivity contribution is 7.89. The minimum atomic E-state index is -3.74. The van der Waals surface area contributed by atoms with E-state index >= 15 is 0 Å². The molecular weight excluding hydrogens is 370 g/mol. The highest BCUT2D eigenvalue weighted by Gasteiger charge is 2.22. The van der Waals surface area contributed by atoms with E-state index < -0.39 is 21.4 Å². The lowest BCUT2D eigenvalue weighted by atomic mass is 10.0. The molecule has 3 aromatic rings. The summed E-state index contributed by atoms with van der Waals surface area (Å²) in [5, 5.41) is 9.38. The van der Waals surface area contributed by atoms with Crippen LogP contribution >= 0.6 is 0 Å². The standard InChI is InChI=1S/C19H19NO6S/c1-4-5-11-8-13(27(24,25)20(2)3)10-15-17(21)14-9-12(19(22)23)6-7-16(14)26-18(11)15/h6-10H,4-5H2,1-3H3,(H,22,23). The Morgan fingerprint density at radius 1 is 1.15 bits per heavy atom. The van der Waals surface area contributed by atoms with Crippen LogP contribution in [-0.4, -0.2) is 37.9 Å². The van der Waals surface area contributed by atoms with Crippen LogP contribution in [0.25, 0.3) is 21.9 Å². The average molecular weight is 389 g/mol. The maximum Gasteiger partial charge on any atom is 0.335 e. The van der Waals surface area contributed by atoms with E-state index in [1.807, 2.05) is 6.92 Å². The van der Waals surface area contributed by atoms with Crippen molar-refractivity contribution in [3.05, 3.63) is 51.7 Å². The van der Waals surface area contributed by atoms with E-state index in [0.717, 1.165) is 10.7 Å². The summed E-state index contributed by atoms with van der Waals surface area (Å²) in [5.74, 6) is -1.16. The molecule has 8 heteroatoms. The Bertz CT molecular complexity index is 1220. The molecule has 3 rings (SSSR count). The molecule has 1 N–H and O–H groups in total. The van der Waals surface area contributed by atoms with Crippen molar-refractivity contribution in [1.82, 2.24) is 4.31 Å². The van der Waals surface area contributed by atoms with Crippen molar-refractivity contribution in [1.29, 1.82) is 0 Å². The van der Waals surface area contributed by atoms with E-state index in [2.05, 4.69) is 0 Å². The Kier molecular flexibility index (Phi) is 4.79. The summed E-state index contributed by atoms with van der Waals surface area (Å²) in [6, 6.07) is 6.88.